The van der Waals surface area contributed by atoms with E-state index in [4.69, 9.17) is 4.99 Å². The average molecular weight is 568 g/mol. The summed E-state index contributed by atoms with van der Waals surface area (Å²) < 4.78 is 0. The maximum Gasteiger partial charge on any atom is 0.259 e. The van der Waals surface area contributed by atoms with E-state index in [9.17, 15) is 14.4 Å². The summed E-state index contributed by atoms with van der Waals surface area (Å²) in [7, 11) is 0. The number of aliphatic imine (C=N–C) groups is 2. The number of carbonyl (C=O) groups is 3. The molecule has 5 rings (SSSR count). The van der Waals surface area contributed by atoms with E-state index in [2.05, 4.69) is 15.6 Å². The lowest BCUT2D eigenvalue weighted by Crippen LogP contribution is -2.43. The molecule has 0 aromatic heterocycles. The molecule has 2 heterocycles. The maximum absolute atomic E-state index is 13.6. The van der Waals surface area contributed by atoms with Crippen LogP contribution in [0.25, 0.3) is 0 Å². The summed E-state index contributed by atoms with van der Waals surface area (Å²) in [4.78, 5) is 50.4. The average Bonchev–Trinajstić information content (AvgIpc) is 3.31. The number of para-hydroxylation sites is 1. The van der Waals surface area contributed by atoms with Crippen LogP contribution in [0, 0.1) is 6.92 Å². The van der Waals surface area contributed by atoms with Crippen molar-refractivity contribution in [3.05, 3.63) is 101 Å². The summed E-state index contributed by atoms with van der Waals surface area (Å²) in [6.45, 7) is 4.85. The first-order valence-electron chi connectivity index (χ1n) is 13.8. The molecule has 2 atom stereocenters. The first-order chi connectivity index (χ1) is 19.9. The molecule has 2 aliphatic rings. The number of nitrogens with zero attached hydrogens (tertiary/aromatic N) is 3. The van der Waals surface area contributed by atoms with Crippen LogP contribution in [0.5, 0.6) is 0 Å². The predicted octanol–water partition coefficient (Wildman–Crippen LogP) is 4.53. The van der Waals surface area contributed by atoms with Crippen LogP contribution in [0.3, 0.4) is 0 Å². The molecule has 0 spiro atoms. The van der Waals surface area contributed by atoms with E-state index in [1.165, 1.54) is 16.7 Å². The Labute approximate surface area is 244 Å². The van der Waals surface area contributed by atoms with Crippen LogP contribution >= 0.6 is 11.8 Å². The highest BCUT2D eigenvalue weighted by molar-refractivity contribution is 8.15. The highest BCUT2D eigenvalue weighted by Crippen LogP contribution is 2.35. The Bertz CT molecular complexity index is 1490. The summed E-state index contributed by atoms with van der Waals surface area (Å²) in [5.41, 5.74) is 4.72. The molecule has 0 fully saturated rings. The normalized spacial score (nSPS) is 16.3. The molecule has 9 heteroatoms. The molecule has 0 saturated heterocycles. The number of hydrogen-bond acceptors (Lipinski definition) is 6. The largest absolute Gasteiger partial charge is 0.356 e. The van der Waals surface area contributed by atoms with Crippen LogP contribution in [0.1, 0.15) is 42.0 Å². The van der Waals surface area contributed by atoms with E-state index in [-0.39, 0.29) is 24.1 Å². The smallest absolute Gasteiger partial charge is 0.259 e. The minimum atomic E-state index is -0.853. The lowest BCUT2D eigenvalue weighted by Gasteiger charge is -2.27. The standard InChI is InChI=1S/C32H33N5O3S/c1-3-27(30(39)34-20-23-15-13-21(2)14-16-23)41-32-36-25-12-8-7-11-24(25)29-35-26(31(40)37(29)32)19-28(38)33-18-17-22-9-5-4-6-10-22/h4-16,26-27H,3,17-20H2,1-2H3,(H,33,38)(H,34,39). The monoisotopic (exact) mass is 567 g/mol. The Kier molecular flexibility index (Phi) is 8.94. The molecule has 3 aromatic carbocycles. The summed E-state index contributed by atoms with van der Waals surface area (Å²) in [6, 6.07) is 24.6. The zero-order valence-corrected chi connectivity index (χ0v) is 24.0. The number of aryl methyl sites for hydroxylation is 1. The maximum atomic E-state index is 13.6. The summed E-state index contributed by atoms with van der Waals surface area (Å²) in [6.07, 6.45) is 1.20. The van der Waals surface area contributed by atoms with Crippen molar-refractivity contribution >= 4 is 46.2 Å². The van der Waals surface area contributed by atoms with Gasteiger partial charge >= 0.3 is 0 Å². The second kappa shape index (κ2) is 13.0. The Morgan fingerprint density at radius 2 is 1.68 bits per heavy atom. The van der Waals surface area contributed by atoms with Gasteiger partial charge in [-0.15, -0.1) is 0 Å². The molecule has 3 aromatic rings. The second-order valence-corrected chi connectivity index (χ2v) is 11.2. The van der Waals surface area contributed by atoms with Crippen molar-refractivity contribution in [3.8, 4) is 0 Å². The van der Waals surface area contributed by atoms with E-state index >= 15 is 0 Å². The van der Waals surface area contributed by atoms with Crippen LogP contribution < -0.4 is 10.6 Å². The van der Waals surface area contributed by atoms with Gasteiger partial charge in [0.2, 0.25) is 11.8 Å². The number of amidine groups is 2. The molecule has 0 bridgehead atoms. The van der Waals surface area contributed by atoms with Gasteiger partial charge in [-0.25, -0.2) is 9.89 Å². The molecule has 8 nitrogen and oxygen atoms in total. The quantitative estimate of drug-likeness (QED) is 0.376. The van der Waals surface area contributed by atoms with Crippen molar-refractivity contribution in [3.63, 3.8) is 0 Å². The highest BCUT2D eigenvalue weighted by atomic mass is 32.2. The van der Waals surface area contributed by atoms with Crippen molar-refractivity contribution in [2.24, 2.45) is 9.98 Å². The summed E-state index contributed by atoms with van der Waals surface area (Å²) in [5, 5.41) is 5.86. The van der Waals surface area contributed by atoms with Gasteiger partial charge in [0.1, 0.15) is 11.9 Å². The molecule has 2 unspecified atom stereocenters. The number of rotatable bonds is 10. The van der Waals surface area contributed by atoms with Crippen LogP contribution in [-0.2, 0) is 27.3 Å². The molecule has 41 heavy (non-hydrogen) atoms. The van der Waals surface area contributed by atoms with Crippen LogP contribution in [-0.4, -0.2) is 51.5 Å². The number of nitrogens with one attached hydrogen (secondary N) is 2. The molecular weight excluding hydrogens is 534 g/mol. The van der Waals surface area contributed by atoms with Crippen LogP contribution in [0.4, 0.5) is 5.69 Å². The zero-order valence-electron chi connectivity index (χ0n) is 23.2. The van der Waals surface area contributed by atoms with Crippen molar-refractivity contribution in [1.82, 2.24) is 15.5 Å². The molecule has 210 valence electrons. The van der Waals surface area contributed by atoms with E-state index in [1.807, 2.05) is 92.7 Å². The molecule has 0 radical (unpaired) electrons. The molecular formula is C32H33N5O3S. The van der Waals surface area contributed by atoms with Crippen LogP contribution in [0.2, 0.25) is 0 Å². The highest BCUT2D eigenvalue weighted by Gasteiger charge is 2.43. The fraction of sp³-hybridized carbons (Fsp3) is 0.281. The van der Waals surface area contributed by atoms with Gasteiger partial charge in [-0.2, -0.15) is 0 Å². The number of hydrogen-bond donors (Lipinski definition) is 2. The fourth-order valence-corrected chi connectivity index (χ4v) is 5.76. The Hall–Kier alpha value is -4.24. The second-order valence-electron chi connectivity index (χ2n) is 10.1. The Morgan fingerprint density at radius 1 is 0.951 bits per heavy atom. The van der Waals surface area contributed by atoms with Crippen molar-refractivity contribution < 1.29 is 14.4 Å². The molecule has 0 aliphatic carbocycles. The fourth-order valence-electron chi connectivity index (χ4n) is 4.71. The first kappa shape index (κ1) is 28.3. The zero-order chi connectivity index (χ0) is 28.8. The number of thioether (sulfide) groups is 1. The van der Waals surface area contributed by atoms with Gasteiger partial charge in [0.05, 0.1) is 17.4 Å². The number of fused-ring (bicyclic) bond motifs is 3. The van der Waals surface area contributed by atoms with Gasteiger partial charge in [0.15, 0.2) is 5.17 Å². The lowest BCUT2D eigenvalue weighted by atomic mass is 10.1. The third-order valence-corrected chi connectivity index (χ3v) is 8.32. The van der Waals surface area contributed by atoms with E-state index in [0.717, 1.165) is 22.3 Å². The Balaban J connectivity index is 1.27. The molecule has 0 saturated carbocycles. The van der Waals surface area contributed by atoms with Crippen molar-refractivity contribution in [2.75, 3.05) is 6.54 Å². The van der Waals surface area contributed by atoms with Gasteiger partial charge in [0.25, 0.3) is 5.91 Å². The van der Waals surface area contributed by atoms with Crippen molar-refractivity contribution in [1.29, 1.82) is 0 Å². The number of amides is 3. The Morgan fingerprint density at radius 3 is 2.44 bits per heavy atom. The first-order valence-corrected chi connectivity index (χ1v) is 14.7. The van der Waals surface area contributed by atoms with E-state index in [0.29, 0.717) is 42.6 Å². The number of carbonyl (C=O) groups excluding carboxylic acids is 3. The molecule has 2 N–H and O–H groups in total. The molecule has 2 aliphatic heterocycles. The van der Waals surface area contributed by atoms with Gasteiger partial charge in [0, 0.05) is 18.7 Å². The van der Waals surface area contributed by atoms with E-state index in [1.54, 1.807) is 0 Å². The third kappa shape index (κ3) is 6.74. The summed E-state index contributed by atoms with van der Waals surface area (Å²) in [5.74, 6) is -0.196. The van der Waals surface area contributed by atoms with Gasteiger partial charge in [-0.3, -0.25) is 19.4 Å². The minimum absolute atomic E-state index is 0.0536. The van der Waals surface area contributed by atoms with Crippen molar-refractivity contribution in [2.45, 2.75) is 50.9 Å². The van der Waals surface area contributed by atoms with Crippen LogP contribution in [0.15, 0.2) is 88.8 Å². The molecule has 3 amide bonds. The topological polar surface area (TPSA) is 103 Å². The lowest BCUT2D eigenvalue weighted by molar-refractivity contribution is -0.128. The van der Waals surface area contributed by atoms with Gasteiger partial charge < -0.3 is 10.6 Å². The van der Waals surface area contributed by atoms with E-state index < -0.39 is 11.3 Å². The predicted molar refractivity (Wildman–Crippen MR) is 163 cm³/mol. The SMILES string of the molecule is CCC(SC1=Nc2ccccc2C2=NC(CC(=O)NCCc3ccccc3)C(=O)N12)C(=O)NCc1ccc(C)cc1. The van der Waals surface area contributed by atoms with Gasteiger partial charge in [-0.1, -0.05) is 91.0 Å². The minimum Gasteiger partial charge on any atom is -0.356 e. The van der Waals surface area contributed by atoms with Gasteiger partial charge in [-0.05, 0) is 43.0 Å². The summed E-state index contributed by atoms with van der Waals surface area (Å²) >= 11 is 1.25. The third-order valence-electron chi connectivity index (χ3n) is 7.00. The number of benzene rings is 3.